The molecule has 0 bridgehead atoms. The van der Waals surface area contributed by atoms with Gasteiger partial charge in [0.1, 0.15) is 0 Å². The smallest absolute Gasteiger partial charge is 0.233 e. The SMILES string of the molecule is O=[C]c1ccc2c(c1)OOCCCC2. The predicted octanol–water partition coefficient (Wildman–Crippen LogP) is 1.79. The molecule has 0 atom stereocenters. The van der Waals surface area contributed by atoms with Gasteiger partial charge in [-0.2, -0.15) is 4.89 Å². The Morgan fingerprint density at radius 1 is 1.29 bits per heavy atom. The number of fused-ring (bicyclic) bond motifs is 1. The van der Waals surface area contributed by atoms with Gasteiger partial charge in [-0.3, -0.25) is 4.79 Å². The van der Waals surface area contributed by atoms with E-state index >= 15 is 0 Å². The molecule has 0 aliphatic carbocycles. The molecule has 0 N–H and O–H groups in total. The Bertz CT molecular complexity index is 333. The Balaban J connectivity index is 2.30. The van der Waals surface area contributed by atoms with Crippen molar-refractivity contribution in [2.75, 3.05) is 6.61 Å². The molecule has 73 valence electrons. The van der Waals surface area contributed by atoms with Gasteiger partial charge in [0.15, 0.2) is 5.75 Å². The van der Waals surface area contributed by atoms with Gasteiger partial charge < -0.3 is 4.89 Å². The Labute approximate surface area is 82.6 Å². The Hall–Kier alpha value is -1.35. The first kappa shape index (κ1) is 9.21. The van der Waals surface area contributed by atoms with Crippen LogP contribution in [0.3, 0.4) is 0 Å². The highest BCUT2D eigenvalue weighted by Gasteiger charge is 2.09. The Morgan fingerprint density at radius 3 is 3.07 bits per heavy atom. The van der Waals surface area contributed by atoms with E-state index in [0.29, 0.717) is 17.9 Å². The lowest BCUT2D eigenvalue weighted by Gasteiger charge is -2.13. The minimum Gasteiger partial charge on any atom is -0.337 e. The Morgan fingerprint density at radius 2 is 2.21 bits per heavy atom. The second-order valence-electron chi connectivity index (χ2n) is 3.29. The largest absolute Gasteiger partial charge is 0.337 e. The monoisotopic (exact) mass is 191 g/mol. The fourth-order valence-electron chi connectivity index (χ4n) is 1.48. The van der Waals surface area contributed by atoms with E-state index in [1.54, 1.807) is 12.1 Å². The number of carbonyl (C=O) groups excluding carboxylic acids is 1. The summed E-state index contributed by atoms with van der Waals surface area (Å²) in [5, 5.41) is 0. The lowest BCUT2D eigenvalue weighted by atomic mass is 10.1. The minimum atomic E-state index is 0.493. The van der Waals surface area contributed by atoms with Gasteiger partial charge in [0.25, 0.3) is 0 Å². The molecule has 0 aromatic heterocycles. The summed E-state index contributed by atoms with van der Waals surface area (Å²) in [5.74, 6) is 0.644. The zero-order chi connectivity index (χ0) is 9.80. The fraction of sp³-hybridized carbons (Fsp3) is 0.364. The van der Waals surface area contributed by atoms with E-state index in [4.69, 9.17) is 9.78 Å². The van der Waals surface area contributed by atoms with Crippen LogP contribution < -0.4 is 4.89 Å². The molecule has 0 amide bonds. The van der Waals surface area contributed by atoms with Crippen molar-refractivity contribution in [3.8, 4) is 5.75 Å². The molecule has 0 saturated heterocycles. The number of benzene rings is 1. The van der Waals surface area contributed by atoms with Gasteiger partial charge in [0, 0.05) is 5.56 Å². The number of aryl methyl sites for hydroxylation is 1. The summed E-state index contributed by atoms with van der Waals surface area (Å²) in [6.45, 7) is 0.606. The highest BCUT2D eigenvalue weighted by Crippen LogP contribution is 2.23. The van der Waals surface area contributed by atoms with E-state index in [1.807, 2.05) is 12.4 Å². The highest BCUT2D eigenvalue weighted by atomic mass is 17.2. The highest BCUT2D eigenvalue weighted by molar-refractivity contribution is 5.76. The summed E-state index contributed by atoms with van der Waals surface area (Å²) in [4.78, 5) is 20.5. The lowest BCUT2D eigenvalue weighted by Crippen LogP contribution is -2.06. The minimum absolute atomic E-state index is 0.493. The van der Waals surface area contributed by atoms with Gasteiger partial charge in [0.05, 0.1) is 6.61 Å². The summed E-state index contributed by atoms with van der Waals surface area (Å²) in [6, 6.07) is 5.30. The third kappa shape index (κ3) is 1.93. The van der Waals surface area contributed by atoms with Gasteiger partial charge in [-0.1, -0.05) is 12.1 Å². The predicted molar refractivity (Wildman–Crippen MR) is 50.8 cm³/mol. The zero-order valence-corrected chi connectivity index (χ0v) is 7.79. The van der Waals surface area contributed by atoms with Crippen molar-refractivity contribution in [1.29, 1.82) is 0 Å². The van der Waals surface area contributed by atoms with Crippen molar-refractivity contribution >= 4 is 6.29 Å². The molecule has 1 aromatic rings. The van der Waals surface area contributed by atoms with Crippen molar-refractivity contribution in [2.24, 2.45) is 0 Å². The maximum absolute atomic E-state index is 10.4. The summed E-state index contributed by atoms with van der Waals surface area (Å²) in [5.41, 5.74) is 1.58. The summed E-state index contributed by atoms with van der Waals surface area (Å²) in [6.07, 6.45) is 4.88. The van der Waals surface area contributed by atoms with Crippen molar-refractivity contribution in [1.82, 2.24) is 0 Å². The number of hydrogen-bond acceptors (Lipinski definition) is 3. The van der Waals surface area contributed by atoms with E-state index < -0.39 is 0 Å². The molecule has 3 nitrogen and oxygen atoms in total. The average molecular weight is 191 g/mol. The molecule has 14 heavy (non-hydrogen) atoms. The topological polar surface area (TPSA) is 35.5 Å². The summed E-state index contributed by atoms with van der Waals surface area (Å²) >= 11 is 0. The average Bonchev–Trinajstić information content (AvgIpc) is 2.18. The molecular weight excluding hydrogens is 180 g/mol. The number of hydrogen-bond donors (Lipinski definition) is 0. The first-order valence-electron chi connectivity index (χ1n) is 4.71. The molecule has 3 heteroatoms. The van der Waals surface area contributed by atoms with Crippen LogP contribution >= 0.6 is 0 Å². The lowest BCUT2D eigenvalue weighted by molar-refractivity contribution is -0.209. The van der Waals surface area contributed by atoms with E-state index in [2.05, 4.69) is 0 Å². The Kier molecular flexibility index (Phi) is 2.79. The first-order chi connectivity index (χ1) is 6.90. The van der Waals surface area contributed by atoms with Crippen LogP contribution in [0.4, 0.5) is 0 Å². The first-order valence-corrected chi connectivity index (χ1v) is 4.71. The standard InChI is InChI=1S/C11H11O3/c12-8-9-4-5-10-3-1-2-6-13-14-11(10)7-9/h4-5,7H,1-3,6H2. The van der Waals surface area contributed by atoms with E-state index in [-0.39, 0.29) is 0 Å². The molecule has 1 heterocycles. The van der Waals surface area contributed by atoms with Crippen LogP contribution in [0.1, 0.15) is 24.0 Å². The van der Waals surface area contributed by atoms with Gasteiger partial charge in [0.2, 0.25) is 6.29 Å². The molecule has 2 rings (SSSR count). The normalized spacial score (nSPS) is 16.0. The number of rotatable bonds is 1. The van der Waals surface area contributed by atoms with Crippen molar-refractivity contribution in [3.63, 3.8) is 0 Å². The van der Waals surface area contributed by atoms with Gasteiger partial charge in [-0.25, -0.2) is 0 Å². The molecule has 0 fully saturated rings. The van der Waals surface area contributed by atoms with Crippen molar-refractivity contribution < 1.29 is 14.6 Å². The van der Waals surface area contributed by atoms with Crippen LogP contribution in [-0.4, -0.2) is 12.9 Å². The van der Waals surface area contributed by atoms with Crippen LogP contribution in [0, 0.1) is 0 Å². The van der Waals surface area contributed by atoms with Gasteiger partial charge in [-0.15, -0.1) is 0 Å². The summed E-state index contributed by atoms with van der Waals surface area (Å²) < 4.78 is 0. The van der Waals surface area contributed by atoms with Crippen LogP contribution in [0.15, 0.2) is 18.2 Å². The molecule has 1 aliphatic heterocycles. The maximum atomic E-state index is 10.4. The van der Waals surface area contributed by atoms with Crippen LogP contribution in [0.5, 0.6) is 5.75 Å². The third-order valence-electron chi connectivity index (χ3n) is 2.26. The van der Waals surface area contributed by atoms with Crippen LogP contribution in [0.25, 0.3) is 0 Å². The van der Waals surface area contributed by atoms with Crippen molar-refractivity contribution in [3.05, 3.63) is 29.3 Å². The fourth-order valence-corrected chi connectivity index (χ4v) is 1.48. The zero-order valence-electron chi connectivity index (χ0n) is 7.79. The van der Waals surface area contributed by atoms with Crippen LogP contribution in [-0.2, 0) is 16.1 Å². The molecule has 0 spiro atoms. The molecule has 0 saturated carbocycles. The van der Waals surface area contributed by atoms with E-state index in [1.165, 1.54) is 0 Å². The second-order valence-corrected chi connectivity index (χ2v) is 3.29. The molecule has 1 aliphatic rings. The molecular formula is C11H11O3. The summed E-state index contributed by atoms with van der Waals surface area (Å²) in [7, 11) is 0. The quantitative estimate of drug-likeness (QED) is 0.635. The molecule has 0 unspecified atom stereocenters. The van der Waals surface area contributed by atoms with Gasteiger partial charge in [-0.05, 0) is 30.9 Å². The van der Waals surface area contributed by atoms with Crippen molar-refractivity contribution in [2.45, 2.75) is 19.3 Å². The van der Waals surface area contributed by atoms with E-state index in [9.17, 15) is 4.79 Å². The third-order valence-corrected chi connectivity index (χ3v) is 2.26. The molecule has 1 aromatic carbocycles. The van der Waals surface area contributed by atoms with Gasteiger partial charge >= 0.3 is 0 Å². The maximum Gasteiger partial charge on any atom is 0.233 e. The van der Waals surface area contributed by atoms with E-state index in [0.717, 1.165) is 24.8 Å². The molecule has 1 radical (unpaired) electrons. The van der Waals surface area contributed by atoms with Crippen LogP contribution in [0.2, 0.25) is 0 Å². The second kappa shape index (κ2) is 4.24.